The molecule has 1 fully saturated rings. The van der Waals surface area contributed by atoms with Crippen LogP contribution in [-0.2, 0) is 21.2 Å². The van der Waals surface area contributed by atoms with Crippen LogP contribution in [-0.4, -0.2) is 56.8 Å². The minimum absolute atomic E-state index is 0.0973. The first-order valence-electron chi connectivity index (χ1n) is 8.38. The van der Waals surface area contributed by atoms with Gasteiger partial charge < -0.3 is 9.64 Å². The van der Waals surface area contributed by atoms with Crippen LogP contribution in [0.2, 0.25) is 0 Å². The predicted molar refractivity (Wildman–Crippen MR) is 92.6 cm³/mol. The van der Waals surface area contributed by atoms with E-state index in [0.717, 1.165) is 18.4 Å². The molecule has 6 nitrogen and oxygen atoms in total. The minimum atomic E-state index is -3.63. The molecule has 0 N–H and O–H groups in total. The van der Waals surface area contributed by atoms with Crippen molar-refractivity contribution in [2.45, 2.75) is 38.0 Å². The van der Waals surface area contributed by atoms with E-state index in [1.807, 2.05) is 19.9 Å². The molecule has 0 saturated carbocycles. The molecule has 1 amide bonds. The number of nitrogens with zero attached hydrogens (tertiary/aromatic N) is 2. The summed E-state index contributed by atoms with van der Waals surface area (Å²) in [5.74, 6) is 0.455. The fraction of sp³-hybridized carbons (Fsp3) is 0.588. The van der Waals surface area contributed by atoms with Gasteiger partial charge in [0.1, 0.15) is 10.6 Å². The molecule has 0 radical (unpaired) electrons. The Hall–Kier alpha value is -1.60. The van der Waals surface area contributed by atoms with E-state index >= 15 is 0 Å². The number of benzene rings is 1. The van der Waals surface area contributed by atoms with Crippen LogP contribution >= 0.6 is 0 Å². The Morgan fingerprint density at radius 2 is 1.83 bits per heavy atom. The number of amides is 1. The number of methoxy groups -OCH3 is 1. The van der Waals surface area contributed by atoms with Crippen LogP contribution in [0.25, 0.3) is 0 Å². The summed E-state index contributed by atoms with van der Waals surface area (Å²) >= 11 is 0. The molecule has 1 aliphatic rings. The number of carbonyl (C=O) groups is 1. The fourth-order valence-electron chi connectivity index (χ4n) is 2.83. The quantitative estimate of drug-likeness (QED) is 0.782. The lowest BCUT2D eigenvalue weighted by Crippen LogP contribution is -2.50. The molecule has 0 atom stereocenters. The van der Waals surface area contributed by atoms with Crippen LogP contribution in [0.15, 0.2) is 23.1 Å². The molecule has 0 aromatic heterocycles. The molecule has 2 rings (SSSR count). The van der Waals surface area contributed by atoms with E-state index in [2.05, 4.69) is 0 Å². The van der Waals surface area contributed by atoms with E-state index in [-0.39, 0.29) is 10.8 Å². The summed E-state index contributed by atoms with van der Waals surface area (Å²) in [5, 5.41) is 0. The van der Waals surface area contributed by atoms with Gasteiger partial charge in [0, 0.05) is 32.6 Å². The zero-order valence-electron chi connectivity index (χ0n) is 14.6. The lowest BCUT2D eigenvalue weighted by molar-refractivity contribution is -0.132. The lowest BCUT2D eigenvalue weighted by atomic mass is 10.2. The zero-order valence-corrected chi connectivity index (χ0v) is 15.4. The number of hydrogen-bond acceptors (Lipinski definition) is 4. The van der Waals surface area contributed by atoms with Gasteiger partial charge in [0.15, 0.2) is 0 Å². The minimum Gasteiger partial charge on any atom is -0.495 e. The van der Waals surface area contributed by atoms with Crippen molar-refractivity contribution in [2.75, 3.05) is 33.3 Å². The smallest absolute Gasteiger partial charge is 0.246 e. The summed E-state index contributed by atoms with van der Waals surface area (Å²) in [6.07, 6.45) is 2.07. The average molecular weight is 354 g/mol. The molecular formula is C17H26N2O4S. The van der Waals surface area contributed by atoms with E-state index in [1.165, 1.54) is 11.4 Å². The maximum Gasteiger partial charge on any atom is 0.246 e. The summed E-state index contributed by atoms with van der Waals surface area (Å²) in [6, 6.07) is 5.26. The van der Waals surface area contributed by atoms with Gasteiger partial charge in [-0.2, -0.15) is 4.31 Å². The molecule has 0 spiro atoms. The van der Waals surface area contributed by atoms with Gasteiger partial charge in [0.2, 0.25) is 15.9 Å². The summed E-state index contributed by atoms with van der Waals surface area (Å²) in [5.41, 5.74) is 0.950. The molecule has 134 valence electrons. The van der Waals surface area contributed by atoms with Crippen molar-refractivity contribution in [3.8, 4) is 5.75 Å². The van der Waals surface area contributed by atoms with E-state index in [4.69, 9.17) is 4.74 Å². The highest BCUT2D eigenvalue weighted by Crippen LogP contribution is 2.28. The molecular weight excluding hydrogens is 328 g/mol. The third-order valence-corrected chi connectivity index (χ3v) is 6.23. The van der Waals surface area contributed by atoms with Crippen LogP contribution in [0.5, 0.6) is 5.75 Å². The van der Waals surface area contributed by atoms with Gasteiger partial charge in [-0.15, -0.1) is 0 Å². The first-order chi connectivity index (χ1) is 11.4. The van der Waals surface area contributed by atoms with Gasteiger partial charge in [-0.3, -0.25) is 4.79 Å². The predicted octanol–water partition coefficient (Wildman–Crippen LogP) is 1.89. The maximum absolute atomic E-state index is 13.0. The second-order valence-corrected chi connectivity index (χ2v) is 7.78. The van der Waals surface area contributed by atoms with Crippen molar-refractivity contribution in [1.29, 1.82) is 0 Å². The van der Waals surface area contributed by atoms with Crippen LogP contribution in [0, 0.1) is 0 Å². The number of hydrogen-bond donors (Lipinski definition) is 0. The van der Waals surface area contributed by atoms with Crippen molar-refractivity contribution in [3.05, 3.63) is 23.8 Å². The Balaban J connectivity index is 2.19. The highest BCUT2D eigenvalue weighted by atomic mass is 32.2. The molecule has 1 aromatic carbocycles. The second kappa shape index (κ2) is 7.98. The molecule has 1 saturated heterocycles. The Morgan fingerprint density at radius 3 is 2.38 bits per heavy atom. The molecule has 1 aromatic rings. The standard InChI is InChI=1S/C17H26N2O4S/c1-4-6-17(20)18-9-11-19(12-10-18)24(21,22)16-13-14(5-2)7-8-15(16)23-3/h7-8,13H,4-6,9-12H2,1-3H3. The lowest BCUT2D eigenvalue weighted by Gasteiger charge is -2.34. The van der Waals surface area contributed by atoms with Crippen molar-refractivity contribution < 1.29 is 17.9 Å². The number of ether oxygens (including phenoxy) is 1. The summed E-state index contributed by atoms with van der Waals surface area (Å²) in [7, 11) is -2.15. The topological polar surface area (TPSA) is 66.9 Å². The summed E-state index contributed by atoms with van der Waals surface area (Å²) in [4.78, 5) is 13.9. The number of aryl methyl sites for hydroxylation is 1. The van der Waals surface area contributed by atoms with Gasteiger partial charge in [-0.05, 0) is 30.5 Å². The van der Waals surface area contributed by atoms with Crippen molar-refractivity contribution in [1.82, 2.24) is 9.21 Å². The van der Waals surface area contributed by atoms with Crippen LogP contribution in [0.4, 0.5) is 0 Å². The monoisotopic (exact) mass is 354 g/mol. The number of carbonyl (C=O) groups excluding carboxylic acids is 1. The van der Waals surface area contributed by atoms with Crippen molar-refractivity contribution in [3.63, 3.8) is 0 Å². The highest BCUT2D eigenvalue weighted by Gasteiger charge is 2.32. The molecule has 24 heavy (non-hydrogen) atoms. The number of sulfonamides is 1. The fourth-order valence-corrected chi connectivity index (χ4v) is 4.46. The second-order valence-electron chi connectivity index (χ2n) is 5.87. The van der Waals surface area contributed by atoms with Gasteiger partial charge in [-0.25, -0.2) is 8.42 Å². The first-order valence-corrected chi connectivity index (χ1v) is 9.82. The number of piperazine rings is 1. The van der Waals surface area contributed by atoms with E-state index in [0.29, 0.717) is 38.3 Å². The van der Waals surface area contributed by atoms with Crippen LogP contribution < -0.4 is 4.74 Å². The van der Waals surface area contributed by atoms with Gasteiger partial charge in [-0.1, -0.05) is 19.9 Å². The molecule has 7 heteroatoms. The molecule has 0 unspecified atom stereocenters. The normalized spacial score (nSPS) is 16.2. The molecule has 0 bridgehead atoms. The van der Waals surface area contributed by atoms with Gasteiger partial charge in [0.25, 0.3) is 0 Å². The third-order valence-electron chi connectivity index (χ3n) is 4.31. The maximum atomic E-state index is 13.0. The van der Waals surface area contributed by atoms with Crippen LogP contribution in [0.1, 0.15) is 32.3 Å². The Kier molecular flexibility index (Phi) is 6.23. The Morgan fingerprint density at radius 1 is 1.17 bits per heavy atom. The first kappa shape index (κ1) is 18.7. The zero-order chi connectivity index (χ0) is 17.7. The summed E-state index contributed by atoms with van der Waals surface area (Å²) in [6.45, 7) is 5.46. The number of rotatable bonds is 6. The largest absolute Gasteiger partial charge is 0.495 e. The van der Waals surface area contributed by atoms with E-state index in [9.17, 15) is 13.2 Å². The average Bonchev–Trinajstić information content (AvgIpc) is 2.61. The van der Waals surface area contributed by atoms with E-state index in [1.54, 1.807) is 17.0 Å². The Bertz CT molecular complexity index is 680. The van der Waals surface area contributed by atoms with Gasteiger partial charge in [0.05, 0.1) is 7.11 Å². The third kappa shape index (κ3) is 3.89. The SMILES string of the molecule is CCCC(=O)N1CCN(S(=O)(=O)c2cc(CC)ccc2OC)CC1. The molecule has 0 aliphatic carbocycles. The van der Waals surface area contributed by atoms with Crippen molar-refractivity contribution in [2.24, 2.45) is 0 Å². The molecule has 1 aliphatic heterocycles. The molecule has 1 heterocycles. The Labute approximate surface area is 144 Å². The summed E-state index contributed by atoms with van der Waals surface area (Å²) < 4.78 is 32.6. The van der Waals surface area contributed by atoms with Gasteiger partial charge >= 0.3 is 0 Å². The highest BCUT2D eigenvalue weighted by molar-refractivity contribution is 7.89. The van der Waals surface area contributed by atoms with Crippen molar-refractivity contribution >= 4 is 15.9 Å². The van der Waals surface area contributed by atoms with Crippen LogP contribution in [0.3, 0.4) is 0 Å². The van der Waals surface area contributed by atoms with E-state index < -0.39 is 10.0 Å².